The zero-order chi connectivity index (χ0) is 14.5. The number of Topliss-reactive ketones (excluding diaryl/α,β-unsaturated/α-hetero) is 1. The van der Waals surface area contributed by atoms with E-state index in [-0.39, 0.29) is 12.2 Å². The van der Waals surface area contributed by atoms with Crippen LogP contribution in [0.1, 0.15) is 15.9 Å². The van der Waals surface area contributed by atoms with Crippen LogP contribution >= 0.6 is 0 Å². The summed E-state index contributed by atoms with van der Waals surface area (Å²) in [6, 6.07) is 11.3. The third kappa shape index (κ3) is 2.79. The van der Waals surface area contributed by atoms with Crippen LogP contribution in [-0.2, 0) is 6.42 Å². The van der Waals surface area contributed by atoms with Crippen LogP contribution in [0.3, 0.4) is 0 Å². The SMILES string of the molecule is COc1cccc(OC)c1C(=O)Cc1ccccc1F. The van der Waals surface area contributed by atoms with Crippen molar-refractivity contribution in [1.29, 1.82) is 0 Å². The van der Waals surface area contributed by atoms with Crippen molar-refractivity contribution >= 4 is 5.78 Å². The van der Waals surface area contributed by atoms with Crippen molar-refractivity contribution in [3.05, 3.63) is 59.4 Å². The Morgan fingerprint density at radius 1 is 1.00 bits per heavy atom. The number of benzene rings is 2. The molecule has 0 atom stereocenters. The molecule has 0 fully saturated rings. The first-order valence-electron chi connectivity index (χ1n) is 6.15. The predicted octanol–water partition coefficient (Wildman–Crippen LogP) is 3.27. The first-order chi connectivity index (χ1) is 9.67. The molecule has 104 valence electrons. The number of ether oxygens (including phenoxy) is 2. The summed E-state index contributed by atoms with van der Waals surface area (Å²) in [6.45, 7) is 0. The average Bonchev–Trinajstić information content (AvgIpc) is 2.48. The Bertz CT molecular complexity index is 601. The number of halogens is 1. The van der Waals surface area contributed by atoms with Crippen LogP contribution in [0.2, 0.25) is 0 Å². The molecule has 0 aliphatic heterocycles. The van der Waals surface area contributed by atoms with Gasteiger partial charge in [0.15, 0.2) is 5.78 Å². The van der Waals surface area contributed by atoms with Gasteiger partial charge in [-0.25, -0.2) is 4.39 Å². The molecule has 20 heavy (non-hydrogen) atoms. The molecule has 0 aromatic heterocycles. The van der Waals surface area contributed by atoms with Gasteiger partial charge < -0.3 is 9.47 Å². The lowest BCUT2D eigenvalue weighted by atomic mass is 10.0. The van der Waals surface area contributed by atoms with Crippen molar-refractivity contribution in [3.8, 4) is 11.5 Å². The Morgan fingerprint density at radius 3 is 2.15 bits per heavy atom. The highest BCUT2D eigenvalue weighted by Gasteiger charge is 2.19. The fourth-order valence-electron chi connectivity index (χ4n) is 2.03. The van der Waals surface area contributed by atoms with Gasteiger partial charge in [-0.3, -0.25) is 4.79 Å². The predicted molar refractivity (Wildman–Crippen MR) is 74.0 cm³/mol. The topological polar surface area (TPSA) is 35.5 Å². The lowest BCUT2D eigenvalue weighted by molar-refractivity contribution is 0.0986. The second kappa shape index (κ2) is 6.19. The van der Waals surface area contributed by atoms with Gasteiger partial charge in [-0.2, -0.15) is 0 Å². The first-order valence-corrected chi connectivity index (χ1v) is 6.15. The van der Waals surface area contributed by atoms with Crippen molar-refractivity contribution in [3.63, 3.8) is 0 Å². The van der Waals surface area contributed by atoms with Gasteiger partial charge in [0.2, 0.25) is 0 Å². The van der Waals surface area contributed by atoms with Crippen LogP contribution in [0.25, 0.3) is 0 Å². The number of hydrogen-bond donors (Lipinski definition) is 0. The van der Waals surface area contributed by atoms with Gasteiger partial charge >= 0.3 is 0 Å². The highest BCUT2D eigenvalue weighted by Crippen LogP contribution is 2.29. The van der Waals surface area contributed by atoms with Crippen LogP contribution in [-0.4, -0.2) is 20.0 Å². The molecule has 0 unspecified atom stereocenters. The number of hydrogen-bond acceptors (Lipinski definition) is 3. The van der Waals surface area contributed by atoms with E-state index in [0.717, 1.165) is 0 Å². The number of carbonyl (C=O) groups excluding carboxylic acids is 1. The van der Waals surface area contributed by atoms with Gasteiger partial charge in [0.1, 0.15) is 22.9 Å². The molecule has 0 radical (unpaired) electrons. The fourth-order valence-corrected chi connectivity index (χ4v) is 2.03. The van der Waals surface area contributed by atoms with Gasteiger partial charge in [0, 0.05) is 6.42 Å². The Morgan fingerprint density at radius 2 is 1.60 bits per heavy atom. The molecule has 4 heteroatoms. The second-order valence-corrected chi connectivity index (χ2v) is 4.23. The van der Waals surface area contributed by atoms with E-state index < -0.39 is 5.82 Å². The van der Waals surface area contributed by atoms with E-state index in [1.807, 2.05) is 0 Å². The van der Waals surface area contributed by atoms with E-state index in [9.17, 15) is 9.18 Å². The van der Waals surface area contributed by atoms with Crippen LogP contribution in [0.5, 0.6) is 11.5 Å². The maximum Gasteiger partial charge on any atom is 0.174 e. The van der Waals surface area contributed by atoms with Gasteiger partial charge in [0.25, 0.3) is 0 Å². The van der Waals surface area contributed by atoms with E-state index in [0.29, 0.717) is 22.6 Å². The quantitative estimate of drug-likeness (QED) is 0.785. The second-order valence-electron chi connectivity index (χ2n) is 4.23. The van der Waals surface area contributed by atoms with Crippen molar-refractivity contribution in [2.24, 2.45) is 0 Å². The standard InChI is InChI=1S/C16H15FO3/c1-19-14-8-5-9-15(20-2)16(14)13(18)10-11-6-3-4-7-12(11)17/h3-9H,10H2,1-2H3. The summed E-state index contributed by atoms with van der Waals surface area (Å²) in [5, 5.41) is 0. The summed E-state index contributed by atoms with van der Waals surface area (Å²) in [7, 11) is 2.96. The summed E-state index contributed by atoms with van der Waals surface area (Å²) < 4.78 is 24.0. The van der Waals surface area contributed by atoms with Gasteiger partial charge in [-0.1, -0.05) is 24.3 Å². The molecule has 0 saturated carbocycles. The maximum atomic E-state index is 13.6. The molecule has 0 spiro atoms. The van der Waals surface area contributed by atoms with E-state index in [4.69, 9.17) is 9.47 Å². The van der Waals surface area contributed by atoms with Gasteiger partial charge in [-0.15, -0.1) is 0 Å². The number of ketones is 1. The Kier molecular flexibility index (Phi) is 4.35. The minimum atomic E-state index is -0.394. The molecule has 0 bridgehead atoms. The molecule has 2 rings (SSSR count). The zero-order valence-electron chi connectivity index (χ0n) is 11.4. The minimum Gasteiger partial charge on any atom is -0.496 e. The van der Waals surface area contributed by atoms with E-state index >= 15 is 0 Å². The molecular weight excluding hydrogens is 259 g/mol. The summed E-state index contributed by atoms with van der Waals surface area (Å²) in [6.07, 6.45) is -0.0383. The number of carbonyl (C=O) groups is 1. The maximum absolute atomic E-state index is 13.6. The molecule has 0 amide bonds. The van der Waals surface area contributed by atoms with Crippen molar-refractivity contribution in [2.75, 3.05) is 14.2 Å². The van der Waals surface area contributed by atoms with Gasteiger partial charge in [0.05, 0.1) is 14.2 Å². The smallest absolute Gasteiger partial charge is 0.174 e. The summed E-state index contributed by atoms with van der Waals surface area (Å²) in [5.41, 5.74) is 0.686. The normalized spacial score (nSPS) is 10.2. The first kappa shape index (κ1) is 14.1. The number of methoxy groups -OCH3 is 2. The Balaban J connectivity index is 2.36. The molecule has 0 N–H and O–H groups in total. The highest BCUT2D eigenvalue weighted by molar-refractivity contribution is 6.02. The average molecular weight is 274 g/mol. The zero-order valence-corrected chi connectivity index (χ0v) is 11.4. The lowest BCUT2D eigenvalue weighted by Gasteiger charge is -2.12. The molecular formula is C16H15FO3. The van der Waals surface area contributed by atoms with Crippen LogP contribution in [0.15, 0.2) is 42.5 Å². The van der Waals surface area contributed by atoms with Gasteiger partial charge in [-0.05, 0) is 23.8 Å². The van der Waals surface area contributed by atoms with Crippen molar-refractivity contribution in [2.45, 2.75) is 6.42 Å². The van der Waals surface area contributed by atoms with E-state index in [1.54, 1.807) is 36.4 Å². The third-order valence-electron chi connectivity index (χ3n) is 3.02. The number of rotatable bonds is 5. The Labute approximate surface area is 117 Å². The molecule has 0 saturated heterocycles. The lowest BCUT2D eigenvalue weighted by Crippen LogP contribution is -2.09. The fraction of sp³-hybridized carbons (Fsp3) is 0.188. The monoisotopic (exact) mass is 274 g/mol. The van der Waals surface area contributed by atoms with Crippen molar-refractivity contribution < 1.29 is 18.7 Å². The molecule has 0 aliphatic carbocycles. The molecule has 0 heterocycles. The minimum absolute atomic E-state index is 0.0383. The van der Waals surface area contributed by atoms with E-state index in [1.165, 1.54) is 20.3 Å². The van der Waals surface area contributed by atoms with Crippen LogP contribution in [0.4, 0.5) is 4.39 Å². The molecule has 3 nitrogen and oxygen atoms in total. The van der Waals surface area contributed by atoms with Crippen LogP contribution < -0.4 is 9.47 Å². The molecule has 2 aromatic rings. The molecule has 2 aromatic carbocycles. The largest absolute Gasteiger partial charge is 0.496 e. The third-order valence-corrected chi connectivity index (χ3v) is 3.02. The summed E-state index contributed by atoms with van der Waals surface area (Å²) in [5.74, 6) is 0.204. The summed E-state index contributed by atoms with van der Waals surface area (Å²) in [4.78, 5) is 12.4. The van der Waals surface area contributed by atoms with Crippen molar-refractivity contribution in [1.82, 2.24) is 0 Å². The van der Waals surface area contributed by atoms with Crippen LogP contribution in [0, 0.1) is 5.82 Å². The van der Waals surface area contributed by atoms with E-state index in [2.05, 4.69) is 0 Å². The summed E-state index contributed by atoms with van der Waals surface area (Å²) >= 11 is 0. The molecule has 0 aliphatic rings. The Hall–Kier alpha value is -2.36. The highest BCUT2D eigenvalue weighted by atomic mass is 19.1.